The first-order valence-electron chi connectivity index (χ1n) is 9.75. The van der Waals surface area contributed by atoms with Gasteiger partial charge in [0.2, 0.25) is 0 Å². The summed E-state index contributed by atoms with van der Waals surface area (Å²) < 4.78 is 19.9. The zero-order valence-corrected chi connectivity index (χ0v) is 26.3. The van der Waals surface area contributed by atoms with Crippen LogP contribution in [0, 0.1) is 0 Å². The minimum atomic E-state index is 1.39. The summed E-state index contributed by atoms with van der Waals surface area (Å²) in [4.78, 5) is 0. The molecule has 0 radical (unpaired) electrons. The molecule has 0 spiro atoms. The van der Waals surface area contributed by atoms with Gasteiger partial charge in [-0.25, -0.2) is 0 Å². The van der Waals surface area contributed by atoms with E-state index in [0.717, 1.165) is 0 Å². The molecule has 4 aromatic heterocycles. The van der Waals surface area contributed by atoms with Crippen molar-refractivity contribution in [1.29, 1.82) is 0 Å². The zero-order valence-electron chi connectivity index (χ0n) is 16.5. The fraction of sp³-hybridized carbons (Fsp3) is 0. The van der Waals surface area contributed by atoms with Gasteiger partial charge in [0.15, 0.2) is 0 Å². The van der Waals surface area contributed by atoms with E-state index in [-0.39, 0.29) is 0 Å². The molecule has 0 atom stereocenters. The van der Waals surface area contributed by atoms with E-state index in [1.54, 1.807) is 0 Å². The summed E-state index contributed by atoms with van der Waals surface area (Å²) in [5.41, 5.74) is 0. The molecule has 0 N–H and O–H groups in total. The average Bonchev–Trinajstić information content (AvgIpc) is 3.46. The maximum Gasteiger partial charge on any atom is 0.0899 e. The fourth-order valence-corrected chi connectivity index (χ4v) is 19.3. The topological polar surface area (TPSA) is 0 Å². The quantitative estimate of drug-likeness (QED) is 0.149. The number of thioether (sulfide) groups is 4. The molecule has 6 heterocycles. The molecule has 2 aromatic carbocycles. The van der Waals surface area contributed by atoms with Gasteiger partial charge in [-0.15, -0.1) is 90.7 Å². The van der Waals surface area contributed by atoms with E-state index in [9.17, 15) is 0 Å². The number of rotatable bonds is 0. The fourth-order valence-electron chi connectivity index (χ4n) is 3.50. The average molecular weight is 657 g/mol. The maximum absolute atomic E-state index is 2.39. The van der Waals surface area contributed by atoms with Gasteiger partial charge in [0.1, 0.15) is 0 Å². The second-order valence-electron chi connectivity index (χ2n) is 7.05. The molecule has 8 rings (SSSR count). The highest BCUT2D eigenvalue weighted by atomic mass is 32.2. The number of benzene rings is 2. The summed E-state index contributed by atoms with van der Waals surface area (Å²) in [7, 11) is 0. The molecule has 0 unspecified atom stereocenters. The predicted octanol–water partition coefficient (Wildman–Crippen LogP) is 13.3. The third-order valence-electron chi connectivity index (χ3n) is 4.96. The molecule has 0 aliphatic carbocycles. The predicted molar refractivity (Wildman–Crippen MR) is 172 cm³/mol. The Bertz CT molecular complexity index is 1610. The Balaban J connectivity index is 1.18. The summed E-state index contributed by atoms with van der Waals surface area (Å²) in [5, 5.41) is 8.76. The Kier molecular flexibility index (Phi) is 5.87. The third kappa shape index (κ3) is 3.88. The van der Waals surface area contributed by atoms with Gasteiger partial charge >= 0.3 is 0 Å². The van der Waals surface area contributed by atoms with E-state index in [2.05, 4.69) is 45.8 Å². The smallest absolute Gasteiger partial charge is 0.0899 e. The van der Waals surface area contributed by atoms with Crippen molar-refractivity contribution in [2.75, 3.05) is 0 Å². The Morgan fingerprint density at radius 1 is 0.324 bits per heavy atom. The van der Waals surface area contributed by atoms with Gasteiger partial charge in [0, 0.05) is 59.1 Å². The van der Waals surface area contributed by atoms with Crippen LogP contribution in [0.15, 0.2) is 71.1 Å². The van der Waals surface area contributed by atoms with Crippen molar-refractivity contribution in [3.05, 3.63) is 54.3 Å². The number of fused-ring (bicyclic) bond motifs is 6. The first-order valence-corrected chi connectivity index (χ1v) is 19.8. The normalized spacial score (nSPS) is 15.1. The van der Waals surface area contributed by atoms with Gasteiger partial charge < -0.3 is 0 Å². The Morgan fingerprint density at radius 3 is 0.853 bits per heavy atom. The lowest BCUT2D eigenvalue weighted by Gasteiger charge is -2.02. The first kappa shape index (κ1) is 22.3. The van der Waals surface area contributed by atoms with Gasteiger partial charge in [0.25, 0.3) is 0 Å². The monoisotopic (exact) mass is 656 g/mol. The highest BCUT2D eigenvalue weighted by Gasteiger charge is 2.29. The molecule has 2 aliphatic heterocycles. The summed E-state index contributed by atoms with van der Waals surface area (Å²) >= 11 is 23.1. The highest BCUT2D eigenvalue weighted by molar-refractivity contribution is 8.32. The molecule has 168 valence electrons. The molecule has 0 amide bonds. The van der Waals surface area contributed by atoms with E-state index in [1.165, 1.54) is 62.9 Å². The molecule has 0 saturated heterocycles. The van der Waals surface area contributed by atoms with Crippen LogP contribution in [0.2, 0.25) is 0 Å². The summed E-state index contributed by atoms with van der Waals surface area (Å²) in [5.74, 6) is 0. The maximum atomic E-state index is 2.39. The van der Waals surface area contributed by atoms with Crippen LogP contribution in [0.3, 0.4) is 0 Å². The van der Waals surface area contributed by atoms with E-state index in [0.29, 0.717) is 0 Å². The van der Waals surface area contributed by atoms with Crippen LogP contribution >= 0.6 is 138 Å². The van der Waals surface area contributed by atoms with Crippen molar-refractivity contribution in [1.82, 2.24) is 0 Å². The molecular weight excluding hydrogens is 649 g/mol. The van der Waals surface area contributed by atoms with E-state index >= 15 is 0 Å². The van der Waals surface area contributed by atoms with Crippen molar-refractivity contribution in [2.45, 2.75) is 16.8 Å². The van der Waals surface area contributed by atoms with E-state index < -0.39 is 0 Å². The van der Waals surface area contributed by atoms with Gasteiger partial charge in [-0.1, -0.05) is 47.0 Å². The summed E-state index contributed by atoms with van der Waals surface area (Å²) in [6.45, 7) is 0. The summed E-state index contributed by atoms with van der Waals surface area (Å²) in [6.07, 6.45) is 0. The molecule has 0 fully saturated rings. The minimum Gasteiger partial charge on any atom is -0.142 e. The number of hydrogen-bond acceptors (Lipinski definition) is 12. The van der Waals surface area contributed by atoms with Crippen LogP contribution in [0.1, 0.15) is 0 Å². The highest BCUT2D eigenvalue weighted by Crippen LogP contribution is 2.65. The van der Waals surface area contributed by atoms with Crippen molar-refractivity contribution < 1.29 is 0 Å². The SMILES string of the molecule is c1csc2cc3sc4c(sc3cc2s1)SC(=C1Sc2sc3cc5sccsc5cc3sc2S1)S4. The number of hydrogen-bond donors (Lipinski definition) is 0. The Labute approximate surface area is 243 Å². The molecule has 12 heteroatoms. The molecule has 0 saturated carbocycles. The minimum absolute atomic E-state index is 1.39. The van der Waals surface area contributed by atoms with Gasteiger partial charge in [0.05, 0.1) is 25.3 Å². The van der Waals surface area contributed by atoms with Gasteiger partial charge in [-0.3, -0.25) is 0 Å². The third-order valence-corrected chi connectivity index (χ3v) is 20.7. The molecule has 6 aromatic rings. The lowest BCUT2D eigenvalue weighted by molar-refractivity contribution is 1.55. The Hall–Kier alpha value is 0.300. The standard InChI is InChI=1S/C22H8S12/c1-2-24-10-6-14-13(5-9(10)23-1)27-17-18(28-14)32-21(31-17)22-33-19-20(34-22)30-16-8-12-11(7-15(16)29-19)25-3-4-26-12/h1-8H. The molecule has 0 nitrogen and oxygen atoms in total. The van der Waals surface area contributed by atoms with Gasteiger partial charge in [-0.05, 0) is 24.3 Å². The van der Waals surface area contributed by atoms with E-state index in [1.807, 2.05) is 138 Å². The van der Waals surface area contributed by atoms with Crippen molar-refractivity contribution >= 4 is 175 Å². The second kappa shape index (κ2) is 8.95. The summed E-state index contributed by atoms with van der Waals surface area (Å²) in [6, 6.07) is 9.55. The van der Waals surface area contributed by atoms with Crippen LogP contribution in [-0.2, 0) is 0 Å². The lowest BCUT2D eigenvalue weighted by Crippen LogP contribution is -1.70. The first-order chi connectivity index (χ1) is 16.8. The molecule has 34 heavy (non-hydrogen) atoms. The van der Waals surface area contributed by atoms with Crippen molar-refractivity contribution in [2.24, 2.45) is 0 Å². The van der Waals surface area contributed by atoms with Crippen molar-refractivity contribution in [3.8, 4) is 0 Å². The largest absolute Gasteiger partial charge is 0.142 e. The second-order valence-corrected chi connectivity index (χ2v) is 20.7. The van der Waals surface area contributed by atoms with Crippen LogP contribution < -0.4 is 0 Å². The zero-order chi connectivity index (χ0) is 22.2. The van der Waals surface area contributed by atoms with Crippen molar-refractivity contribution in [3.63, 3.8) is 0 Å². The van der Waals surface area contributed by atoms with Gasteiger partial charge in [-0.2, -0.15) is 0 Å². The molecular formula is C22H8S12. The van der Waals surface area contributed by atoms with Crippen LogP contribution in [0.4, 0.5) is 0 Å². The van der Waals surface area contributed by atoms with E-state index in [4.69, 9.17) is 0 Å². The lowest BCUT2D eigenvalue weighted by atomic mass is 10.4. The van der Waals surface area contributed by atoms with Crippen LogP contribution in [0.5, 0.6) is 0 Å². The molecule has 0 bridgehead atoms. The Morgan fingerprint density at radius 2 is 0.588 bits per heavy atom. The van der Waals surface area contributed by atoms with Crippen LogP contribution in [-0.4, -0.2) is 0 Å². The molecule has 2 aliphatic rings. The van der Waals surface area contributed by atoms with Crippen LogP contribution in [0.25, 0.3) is 37.6 Å².